The van der Waals surface area contributed by atoms with Crippen molar-refractivity contribution in [2.45, 2.75) is 45.8 Å². The lowest BCUT2D eigenvalue weighted by molar-refractivity contribution is 0.00578. The van der Waals surface area contributed by atoms with Crippen molar-refractivity contribution in [3.05, 3.63) is 34.5 Å². The van der Waals surface area contributed by atoms with Gasteiger partial charge < -0.3 is 9.31 Å². The van der Waals surface area contributed by atoms with Gasteiger partial charge in [-0.2, -0.15) is 5.10 Å². The van der Waals surface area contributed by atoms with E-state index >= 15 is 0 Å². The van der Waals surface area contributed by atoms with Crippen LogP contribution in [0.25, 0.3) is 16.6 Å². The Morgan fingerprint density at radius 2 is 1.96 bits per heavy atom. The van der Waals surface area contributed by atoms with Crippen LogP contribution in [0.4, 0.5) is 4.39 Å². The number of hydrogen-bond acceptors (Lipinski definition) is 4. The zero-order valence-corrected chi connectivity index (χ0v) is 14.8. The molecule has 3 heterocycles. The molecular formula is C16H20BFN2O2S. The number of aromatic amines is 1. The highest BCUT2D eigenvalue weighted by Crippen LogP contribution is 2.39. The number of halogens is 1. The van der Waals surface area contributed by atoms with E-state index in [9.17, 15) is 4.39 Å². The monoisotopic (exact) mass is 334 g/mol. The summed E-state index contributed by atoms with van der Waals surface area (Å²) in [7, 11) is -0.995. The Morgan fingerprint density at radius 1 is 1.30 bits per heavy atom. The molecule has 1 saturated heterocycles. The summed E-state index contributed by atoms with van der Waals surface area (Å²) in [6.07, 6.45) is 1.45. The maximum Gasteiger partial charge on any atom is 0.525 e. The Hall–Kier alpha value is -1.44. The quantitative estimate of drug-likeness (QED) is 0.847. The van der Waals surface area contributed by atoms with Gasteiger partial charge in [-0.1, -0.05) is 6.07 Å². The second kappa shape index (κ2) is 5.58. The lowest BCUT2D eigenvalue weighted by Crippen LogP contribution is -2.41. The first-order valence-corrected chi connectivity index (χ1v) is 8.41. The van der Waals surface area contributed by atoms with E-state index in [-0.39, 0.29) is 0 Å². The van der Waals surface area contributed by atoms with Crippen molar-refractivity contribution in [1.82, 2.24) is 10.2 Å². The molecule has 0 aliphatic carbocycles. The summed E-state index contributed by atoms with van der Waals surface area (Å²) < 4.78 is 26.2. The molecular weight excluding hydrogens is 314 g/mol. The third kappa shape index (κ3) is 2.89. The Balaban J connectivity index is 1.93. The molecule has 122 valence electrons. The normalized spacial score (nSPS) is 20.3. The Bertz CT molecular complexity index is 721. The van der Waals surface area contributed by atoms with Crippen LogP contribution in [0.5, 0.6) is 0 Å². The molecule has 0 atom stereocenters. The molecule has 0 spiro atoms. The van der Waals surface area contributed by atoms with Gasteiger partial charge in [-0.15, -0.1) is 11.3 Å². The van der Waals surface area contributed by atoms with Crippen molar-refractivity contribution < 1.29 is 13.7 Å². The summed E-state index contributed by atoms with van der Waals surface area (Å²) in [6, 6.07) is 3.91. The highest BCUT2D eigenvalue weighted by Gasteiger charge is 2.53. The van der Waals surface area contributed by atoms with E-state index < -0.39 is 24.0 Å². The number of aryl methyl sites for hydroxylation is 1. The van der Waals surface area contributed by atoms with Crippen LogP contribution in [0.3, 0.4) is 0 Å². The maximum atomic E-state index is 14.7. The van der Waals surface area contributed by atoms with Crippen LogP contribution in [-0.4, -0.2) is 28.5 Å². The number of hydrogen-bond donors (Lipinski definition) is 1. The molecule has 2 aromatic heterocycles. The number of H-pyrrole nitrogens is 1. The Kier molecular flexibility index (Phi) is 3.98. The molecule has 1 N–H and O–H groups in total. The smallest absolute Gasteiger partial charge is 0.398 e. The van der Waals surface area contributed by atoms with E-state index in [1.165, 1.54) is 6.08 Å². The first-order valence-electron chi connectivity index (χ1n) is 7.53. The number of aromatic nitrogens is 2. The molecule has 1 aliphatic rings. The standard InChI is InChI=1S/C16H20BFN2O2S/c1-10-11(14(20-19-10)12-7-6-8-23-12)9-13(18)17-21-15(2,3)16(4,5)22-17/h6-9H,1-5H3,(H,19,20). The van der Waals surface area contributed by atoms with Crippen molar-refractivity contribution in [3.63, 3.8) is 0 Å². The molecule has 1 fully saturated rings. The molecule has 2 aromatic rings. The molecule has 0 unspecified atom stereocenters. The van der Waals surface area contributed by atoms with Gasteiger partial charge in [0.2, 0.25) is 0 Å². The molecule has 0 bridgehead atoms. The van der Waals surface area contributed by atoms with E-state index in [1.54, 1.807) is 11.3 Å². The SMILES string of the molecule is Cc1[nH]nc(-c2cccs2)c1C=C(F)B1OC(C)(C)C(C)(C)O1. The molecule has 4 nitrogen and oxygen atoms in total. The summed E-state index contributed by atoms with van der Waals surface area (Å²) in [5, 5.41) is 9.18. The molecule has 7 heteroatoms. The summed E-state index contributed by atoms with van der Waals surface area (Å²) in [6.45, 7) is 9.48. The van der Waals surface area contributed by atoms with Crippen LogP contribution in [-0.2, 0) is 9.31 Å². The van der Waals surface area contributed by atoms with Crippen molar-refractivity contribution in [2.75, 3.05) is 0 Å². The summed E-state index contributed by atoms with van der Waals surface area (Å²) in [4.78, 5) is 0.988. The van der Waals surface area contributed by atoms with Crippen molar-refractivity contribution in [2.24, 2.45) is 0 Å². The Labute approximate surface area is 139 Å². The molecule has 23 heavy (non-hydrogen) atoms. The maximum absolute atomic E-state index is 14.7. The number of nitrogens with zero attached hydrogens (tertiary/aromatic N) is 1. The number of thiophene rings is 1. The molecule has 0 saturated carbocycles. The van der Waals surface area contributed by atoms with Gasteiger partial charge in [0, 0.05) is 11.3 Å². The largest absolute Gasteiger partial charge is 0.525 e. The highest BCUT2D eigenvalue weighted by molar-refractivity contribution is 7.13. The van der Waals surface area contributed by atoms with Crippen LogP contribution < -0.4 is 0 Å². The second-order valence-electron chi connectivity index (χ2n) is 6.71. The third-order valence-corrected chi connectivity index (χ3v) is 5.39. The summed E-state index contributed by atoms with van der Waals surface area (Å²) in [5.74, 6) is 0. The second-order valence-corrected chi connectivity index (χ2v) is 7.65. The number of nitrogens with one attached hydrogen (secondary N) is 1. The van der Waals surface area contributed by atoms with E-state index in [0.717, 1.165) is 21.8 Å². The van der Waals surface area contributed by atoms with Gasteiger partial charge in [0.25, 0.3) is 0 Å². The van der Waals surface area contributed by atoms with E-state index in [1.807, 2.05) is 52.1 Å². The average Bonchev–Trinajstić information content (AvgIpc) is 3.12. The molecule has 0 amide bonds. The fraction of sp³-hybridized carbons (Fsp3) is 0.438. The van der Waals surface area contributed by atoms with E-state index in [2.05, 4.69) is 10.2 Å². The average molecular weight is 334 g/mol. The van der Waals surface area contributed by atoms with Crippen LogP contribution >= 0.6 is 11.3 Å². The lowest BCUT2D eigenvalue weighted by Gasteiger charge is -2.32. The zero-order chi connectivity index (χ0) is 16.8. The topological polar surface area (TPSA) is 47.1 Å². The first-order chi connectivity index (χ1) is 10.7. The molecule has 0 aromatic carbocycles. The van der Waals surface area contributed by atoms with Crippen LogP contribution in [0.2, 0.25) is 0 Å². The van der Waals surface area contributed by atoms with Crippen LogP contribution in [0, 0.1) is 6.92 Å². The minimum Gasteiger partial charge on any atom is -0.398 e. The highest BCUT2D eigenvalue weighted by atomic mass is 32.1. The predicted octanol–water partition coefficient (Wildman–Crippen LogP) is 4.39. The molecule has 3 rings (SSSR count). The van der Waals surface area contributed by atoms with Gasteiger partial charge in [0.05, 0.1) is 16.1 Å². The van der Waals surface area contributed by atoms with E-state index in [0.29, 0.717) is 0 Å². The summed E-state index contributed by atoms with van der Waals surface area (Å²) >= 11 is 1.57. The van der Waals surface area contributed by atoms with Gasteiger partial charge in [0.1, 0.15) is 11.4 Å². The van der Waals surface area contributed by atoms with Gasteiger partial charge >= 0.3 is 7.12 Å². The van der Waals surface area contributed by atoms with Crippen LogP contribution in [0.1, 0.15) is 39.0 Å². The fourth-order valence-electron chi connectivity index (χ4n) is 2.38. The zero-order valence-electron chi connectivity index (χ0n) is 13.9. The van der Waals surface area contributed by atoms with E-state index in [4.69, 9.17) is 9.31 Å². The Morgan fingerprint density at radius 3 is 2.52 bits per heavy atom. The van der Waals surface area contributed by atoms with Gasteiger partial charge in [0.15, 0.2) is 0 Å². The lowest BCUT2D eigenvalue weighted by atomic mass is 9.86. The molecule has 0 radical (unpaired) electrons. The van der Waals surface area contributed by atoms with Crippen LogP contribution in [0.15, 0.2) is 23.2 Å². The van der Waals surface area contributed by atoms with Crippen molar-refractivity contribution >= 4 is 24.5 Å². The van der Waals surface area contributed by atoms with Crippen molar-refractivity contribution in [1.29, 1.82) is 0 Å². The first kappa shape index (κ1) is 16.4. The molecule has 1 aliphatic heterocycles. The minimum atomic E-state index is -0.995. The number of rotatable bonds is 3. The van der Waals surface area contributed by atoms with Crippen molar-refractivity contribution in [3.8, 4) is 10.6 Å². The minimum absolute atomic E-state index is 0.453. The predicted molar refractivity (Wildman–Crippen MR) is 91.8 cm³/mol. The van der Waals surface area contributed by atoms with Gasteiger partial charge in [-0.25, -0.2) is 4.39 Å². The van der Waals surface area contributed by atoms with Gasteiger partial charge in [-0.3, -0.25) is 5.10 Å². The van der Waals surface area contributed by atoms with Gasteiger partial charge in [-0.05, 0) is 52.1 Å². The summed E-state index contributed by atoms with van der Waals surface area (Å²) in [5.41, 5.74) is 0.685. The fourth-order valence-corrected chi connectivity index (χ4v) is 3.11. The third-order valence-electron chi connectivity index (χ3n) is 4.51.